The molecule has 108 valence electrons. The molecule has 4 nitrogen and oxygen atoms in total. The molecule has 0 fully saturated rings. The van der Waals surface area contributed by atoms with Crippen molar-refractivity contribution in [3.63, 3.8) is 0 Å². The van der Waals surface area contributed by atoms with Gasteiger partial charge in [0, 0.05) is 6.54 Å². The van der Waals surface area contributed by atoms with Gasteiger partial charge in [0.1, 0.15) is 5.75 Å². The van der Waals surface area contributed by atoms with Gasteiger partial charge in [-0.2, -0.15) is 5.10 Å². The monoisotopic (exact) mass is 317 g/mol. The highest BCUT2D eigenvalue weighted by atomic mass is 32.1. The zero-order valence-electron chi connectivity index (χ0n) is 11.4. The second kappa shape index (κ2) is 6.69. The van der Waals surface area contributed by atoms with Gasteiger partial charge in [0.25, 0.3) is 0 Å². The molecule has 0 unspecified atom stereocenters. The van der Waals surface area contributed by atoms with Crippen LogP contribution in [0.15, 0.2) is 47.8 Å². The molecule has 0 aliphatic heterocycles. The van der Waals surface area contributed by atoms with E-state index in [0.717, 1.165) is 29.4 Å². The molecule has 0 saturated carbocycles. The van der Waals surface area contributed by atoms with E-state index in [1.165, 1.54) is 0 Å². The fourth-order valence-corrected chi connectivity index (χ4v) is 2.99. The van der Waals surface area contributed by atoms with Crippen molar-refractivity contribution in [1.29, 1.82) is 0 Å². The normalized spacial score (nSPS) is 10.7. The first kappa shape index (κ1) is 14.0. The third-order valence-corrected chi connectivity index (χ3v) is 4.22. The van der Waals surface area contributed by atoms with E-state index < -0.39 is 0 Å². The summed E-state index contributed by atoms with van der Waals surface area (Å²) < 4.78 is 8.37. The fourth-order valence-electron chi connectivity index (χ4n) is 2.05. The number of nitrogens with one attached hydrogen (secondary N) is 1. The molecule has 0 aliphatic rings. The predicted octanol–water partition coefficient (Wildman–Crippen LogP) is 4.14. The summed E-state index contributed by atoms with van der Waals surface area (Å²) >= 11 is 6.96. The molecule has 0 aliphatic carbocycles. The molecule has 0 saturated heterocycles. The van der Waals surface area contributed by atoms with Crippen molar-refractivity contribution >= 4 is 23.6 Å². The van der Waals surface area contributed by atoms with E-state index in [1.54, 1.807) is 11.3 Å². The zero-order valence-corrected chi connectivity index (χ0v) is 13.0. The van der Waals surface area contributed by atoms with Crippen molar-refractivity contribution in [2.24, 2.45) is 0 Å². The summed E-state index contributed by atoms with van der Waals surface area (Å²) in [5.74, 6) is 1.79. The van der Waals surface area contributed by atoms with Gasteiger partial charge in [0.15, 0.2) is 10.6 Å². The van der Waals surface area contributed by atoms with E-state index in [1.807, 2.05) is 52.4 Å². The molecular weight excluding hydrogens is 302 g/mol. The van der Waals surface area contributed by atoms with Gasteiger partial charge in [-0.3, -0.25) is 9.67 Å². The lowest BCUT2D eigenvalue weighted by Gasteiger charge is -2.07. The Hall–Kier alpha value is -1.92. The Morgan fingerprint density at radius 1 is 1.19 bits per heavy atom. The molecule has 21 heavy (non-hydrogen) atoms. The van der Waals surface area contributed by atoms with Crippen LogP contribution in [0.2, 0.25) is 0 Å². The lowest BCUT2D eigenvalue weighted by atomic mass is 10.3. The number of benzene rings is 1. The Balaban J connectivity index is 1.61. The minimum atomic E-state index is 0.651. The Kier molecular flexibility index (Phi) is 4.47. The van der Waals surface area contributed by atoms with E-state index in [9.17, 15) is 0 Å². The van der Waals surface area contributed by atoms with Gasteiger partial charge in [0.05, 0.1) is 11.5 Å². The molecule has 1 aromatic carbocycles. The number of hydrogen-bond acceptors (Lipinski definition) is 4. The number of thiophene rings is 1. The van der Waals surface area contributed by atoms with E-state index in [4.69, 9.17) is 17.0 Å². The van der Waals surface area contributed by atoms with Crippen molar-refractivity contribution in [2.45, 2.75) is 13.0 Å². The smallest absolute Gasteiger partial charge is 0.195 e. The molecular formula is C15H15N3OS2. The number of para-hydroxylation sites is 1. The first-order valence-corrected chi connectivity index (χ1v) is 8.00. The first-order valence-electron chi connectivity index (χ1n) is 6.71. The van der Waals surface area contributed by atoms with Crippen LogP contribution < -0.4 is 4.74 Å². The number of nitrogens with zero attached hydrogens (tertiary/aromatic N) is 2. The van der Waals surface area contributed by atoms with Gasteiger partial charge in [-0.15, -0.1) is 11.3 Å². The molecule has 3 aromatic rings. The van der Waals surface area contributed by atoms with Crippen molar-refractivity contribution in [1.82, 2.24) is 14.8 Å². The van der Waals surface area contributed by atoms with E-state index in [2.05, 4.69) is 10.2 Å². The number of aromatic nitrogens is 3. The molecule has 0 radical (unpaired) electrons. The third kappa shape index (κ3) is 3.40. The van der Waals surface area contributed by atoms with Crippen molar-refractivity contribution < 1.29 is 4.74 Å². The number of H-pyrrole nitrogens is 1. The Bertz CT molecular complexity index is 732. The van der Waals surface area contributed by atoms with Crippen LogP contribution in [-0.2, 0) is 6.54 Å². The Labute approximate surface area is 132 Å². The van der Waals surface area contributed by atoms with E-state index in [0.29, 0.717) is 11.4 Å². The maximum atomic E-state index is 5.70. The number of aromatic amines is 1. The summed E-state index contributed by atoms with van der Waals surface area (Å²) in [4.78, 5) is 1.12. The van der Waals surface area contributed by atoms with Gasteiger partial charge in [-0.05, 0) is 42.2 Å². The average molecular weight is 317 g/mol. The summed E-state index contributed by atoms with van der Waals surface area (Å²) in [7, 11) is 0. The van der Waals surface area contributed by atoms with Gasteiger partial charge < -0.3 is 4.74 Å². The van der Waals surface area contributed by atoms with E-state index >= 15 is 0 Å². The van der Waals surface area contributed by atoms with Crippen LogP contribution in [0, 0.1) is 4.77 Å². The molecule has 3 rings (SSSR count). The number of rotatable bonds is 6. The molecule has 6 heteroatoms. The van der Waals surface area contributed by atoms with Gasteiger partial charge in [0.2, 0.25) is 0 Å². The van der Waals surface area contributed by atoms with Crippen molar-refractivity contribution in [3.05, 3.63) is 52.6 Å². The lowest BCUT2D eigenvalue weighted by molar-refractivity contribution is 0.302. The zero-order chi connectivity index (χ0) is 14.5. The minimum Gasteiger partial charge on any atom is -0.494 e. The lowest BCUT2D eigenvalue weighted by Crippen LogP contribution is -2.06. The van der Waals surface area contributed by atoms with Crippen LogP contribution in [0.5, 0.6) is 5.75 Å². The summed E-state index contributed by atoms with van der Waals surface area (Å²) in [6.45, 7) is 1.44. The largest absolute Gasteiger partial charge is 0.494 e. The highest BCUT2D eigenvalue weighted by molar-refractivity contribution is 7.71. The second-order valence-electron chi connectivity index (χ2n) is 4.50. The maximum absolute atomic E-state index is 5.70. The number of ether oxygens (including phenoxy) is 1. The average Bonchev–Trinajstić information content (AvgIpc) is 3.15. The molecule has 0 amide bonds. The second-order valence-corrected chi connectivity index (χ2v) is 5.83. The standard InChI is InChI=1S/C15H15N3OS2/c20-15-17-16-14(13-8-4-11-21-13)18(15)9-5-10-19-12-6-2-1-3-7-12/h1-4,6-8,11H,5,9-10H2,(H,17,20). The molecule has 2 aromatic heterocycles. The summed E-state index contributed by atoms with van der Waals surface area (Å²) in [6.07, 6.45) is 0.876. The topological polar surface area (TPSA) is 42.8 Å². The van der Waals surface area contributed by atoms with Gasteiger partial charge >= 0.3 is 0 Å². The minimum absolute atomic E-state index is 0.651. The van der Waals surface area contributed by atoms with Crippen LogP contribution >= 0.6 is 23.6 Å². The van der Waals surface area contributed by atoms with Crippen LogP contribution in [0.3, 0.4) is 0 Å². The van der Waals surface area contributed by atoms with Crippen LogP contribution in [0.25, 0.3) is 10.7 Å². The summed E-state index contributed by atoms with van der Waals surface area (Å²) in [5.41, 5.74) is 0. The van der Waals surface area contributed by atoms with Crippen molar-refractivity contribution in [2.75, 3.05) is 6.61 Å². The van der Waals surface area contributed by atoms with Gasteiger partial charge in [-0.1, -0.05) is 24.3 Å². The first-order chi connectivity index (χ1) is 10.3. The molecule has 0 spiro atoms. The SMILES string of the molecule is S=c1[nH]nc(-c2cccs2)n1CCCOc1ccccc1. The molecule has 0 atom stereocenters. The van der Waals surface area contributed by atoms with E-state index in [-0.39, 0.29) is 0 Å². The fraction of sp³-hybridized carbons (Fsp3) is 0.200. The molecule has 1 N–H and O–H groups in total. The Morgan fingerprint density at radius 2 is 2.05 bits per heavy atom. The highest BCUT2D eigenvalue weighted by Gasteiger charge is 2.09. The van der Waals surface area contributed by atoms with Crippen LogP contribution in [-0.4, -0.2) is 21.4 Å². The van der Waals surface area contributed by atoms with Crippen molar-refractivity contribution in [3.8, 4) is 16.5 Å². The summed E-state index contributed by atoms with van der Waals surface area (Å²) in [6, 6.07) is 13.9. The summed E-state index contributed by atoms with van der Waals surface area (Å²) in [5, 5.41) is 9.21. The third-order valence-electron chi connectivity index (χ3n) is 3.04. The van der Waals surface area contributed by atoms with Crippen LogP contribution in [0.1, 0.15) is 6.42 Å². The maximum Gasteiger partial charge on any atom is 0.195 e. The van der Waals surface area contributed by atoms with Crippen LogP contribution in [0.4, 0.5) is 0 Å². The quantitative estimate of drug-likeness (QED) is 0.549. The van der Waals surface area contributed by atoms with Gasteiger partial charge in [-0.25, -0.2) is 0 Å². The molecule has 0 bridgehead atoms. The molecule has 2 heterocycles. The predicted molar refractivity (Wildman–Crippen MR) is 87.3 cm³/mol. The highest BCUT2D eigenvalue weighted by Crippen LogP contribution is 2.22. The Morgan fingerprint density at radius 3 is 2.81 bits per heavy atom. The number of hydrogen-bond donors (Lipinski definition) is 1.